The van der Waals surface area contributed by atoms with Crippen LogP contribution in [0.5, 0.6) is 11.5 Å². The smallest absolute Gasteiger partial charge is 0.341 e. The summed E-state index contributed by atoms with van der Waals surface area (Å²) in [6, 6.07) is 13.3. The number of methoxy groups -OCH3 is 2. The number of carbonyl (C=O) groups is 1. The Bertz CT molecular complexity index is 677. The molecular weight excluding hydrogens is 292 g/mol. The molecule has 0 spiro atoms. The molecule has 120 valence electrons. The summed E-state index contributed by atoms with van der Waals surface area (Å²) < 4.78 is 16.0. The first-order chi connectivity index (χ1) is 11.2. The van der Waals surface area contributed by atoms with Crippen LogP contribution in [0.25, 0.3) is 0 Å². The molecule has 23 heavy (non-hydrogen) atoms. The first kappa shape index (κ1) is 16.6. The summed E-state index contributed by atoms with van der Waals surface area (Å²) in [6.07, 6.45) is 2.39. The fourth-order valence-corrected chi connectivity index (χ4v) is 2.23. The van der Waals surface area contributed by atoms with Crippen molar-refractivity contribution in [2.45, 2.75) is 13.0 Å². The van der Waals surface area contributed by atoms with Gasteiger partial charge in [-0.2, -0.15) is 0 Å². The Labute approximate surface area is 136 Å². The lowest BCUT2D eigenvalue weighted by atomic mass is 10.1. The summed E-state index contributed by atoms with van der Waals surface area (Å²) in [7, 11) is 2.86. The monoisotopic (exact) mass is 312 g/mol. The number of rotatable bonds is 7. The third-order valence-electron chi connectivity index (χ3n) is 3.39. The second kappa shape index (κ2) is 8.03. The van der Waals surface area contributed by atoms with Gasteiger partial charge in [0, 0.05) is 5.56 Å². The Morgan fingerprint density at radius 2 is 1.87 bits per heavy atom. The maximum absolute atomic E-state index is 11.9. The molecule has 0 fully saturated rings. The molecular formula is C19H20O4. The molecule has 0 radical (unpaired) electrons. The fourth-order valence-electron chi connectivity index (χ4n) is 2.23. The van der Waals surface area contributed by atoms with Crippen LogP contribution in [0.1, 0.15) is 21.5 Å². The first-order valence-electron chi connectivity index (χ1n) is 7.26. The van der Waals surface area contributed by atoms with Crippen molar-refractivity contribution in [3.63, 3.8) is 0 Å². The molecule has 0 aliphatic carbocycles. The molecule has 0 amide bonds. The maximum atomic E-state index is 11.9. The number of hydrogen-bond acceptors (Lipinski definition) is 4. The normalized spacial score (nSPS) is 10.0. The standard InChI is InChI=1S/C19H20O4/c1-4-8-15-11-18(21-2)16(19(20)22-3)12-17(15)23-13-14-9-6-5-7-10-14/h4-7,9-12H,1,8,13H2,2-3H3. The van der Waals surface area contributed by atoms with Crippen molar-refractivity contribution in [3.8, 4) is 11.5 Å². The molecule has 0 aliphatic rings. The molecule has 0 N–H and O–H groups in total. The van der Waals surface area contributed by atoms with E-state index in [1.165, 1.54) is 14.2 Å². The maximum Gasteiger partial charge on any atom is 0.341 e. The topological polar surface area (TPSA) is 44.8 Å². The highest BCUT2D eigenvalue weighted by Crippen LogP contribution is 2.30. The summed E-state index contributed by atoms with van der Waals surface area (Å²) in [5.74, 6) is 0.618. The highest BCUT2D eigenvalue weighted by Gasteiger charge is 2.17. The molecule has 0 atom stereocenters. The van der Waals surface area contributed by atoms with Crippen LogP contribution in [0, 0.1) is 0 Å². The van der Waals surface area contributed by atoms with Gasteiger partial charge in [-0.25, -0.2) is 4.79 Å². The Balaban J connectivity index is 2.34. The Morgan fingerprint density at radius 1 is 1.13 bits per heavy atom. The van der Waals surface area contributed by atoms with Gasteiger partial charge in [-0.1, -0.05) is 36.4 Å². The Hall–Kier alpha value is -2.75. The van der Waals surface area contributed by atoms with Gasteiger partial charge < -0.3 is 14.2 Å². The lowest BCUT2D eigenvalue weighted by molar-refractivity contribution is 0.0596. The van der Waals surface area contributed by atoms with E-state index in [9.17, 15) is 4.79 Å². The highest BCUT2D eigenvalue weighted by atomic mass is 16.5. The van der Waals surface area contributed by atoms with Crippen LogP contribution in [0.15, 0.2) is 55.1 Å². The molecule has 0 aliphatic heterocycles. The minimum absolute atomic E-state index is 0.339. The van der Waals surface area contributed by atoms with Crippen molar-refractivity contribution in [1.29, 1.82) is 0 Å². The van der Waals surface area contributed by atoms with Crippen LogP contribution in [-0.2, 0) is 17.8 Å². The molecule has 2 rings (SSSR count). The summed E-state index contributed by atoms with van der Waals surface area (Å²) >= 11 is 0. The average Bonchev–Trinajstić information content (AvgIpc) is 2.60. The van der Waals surface area contributed by atoms with E-state index in [1.54, 1.807) is 18.2 Å². The van der Waals surface area contributed by atoms with E-state index in [-0.39, 0.29) is 0 Å². The molecule has 0 bridgehead atoms. The Morgan fingerprint density at radius 3 is 2.48 bits per heavy atom. The molecule has 0 heterocycles. The molecule has 4 heteroatoms. The predicted octanol–water partition coefficient (Wildman–Crippen LogP) is 3.79. The van der Waals surface area contributed by atoms with E-state index < -0.39 is 5.97 Å². The van der Waals surface area contributed by atoms with Crippen LogP contribution in [0.3, 0.4) is 0 Å². The first-order valence-corrected chi connectivity index (χ1v) is 7.26. The summed E-state index contributed by atoms with van der Waals surface area (Å²) in [5, 5.41) is 0. The minimum atomic E-state index is -0.462. The molecule has 0 aromatic heterocycles. The minimum Gasteiger partial charge on any atom is -0.496 e. The second-order valence-electron chi connectivity index (χ2n) is 4.92. The molecule has 0 saturated carbocycles. The van der Waals surface area contributed by atoms with Crippen molar-refractivity contribution in [2.75, 3.05) is 14.2 Å². The summed E-state index contributed by atoms with van der Waals surface area (Å²) in [5.41, 5.74) is 2.29. The summed E-state index contributed by atoms with van der Waals surface area (Å²) in [6.45, 7) is 4.17. The highest BCUT2D eigenvalue weighted by molar-refractivity contribution is 5.93. The zero-order valence-electron chi connectivity index (χ0n) is 13.4. The zero-order chi connectivity index (χ0) is 16.7. The van der Waals surface area contributed by atoms with Crippen LogP contribution in [-0.4, -0.2) is 20.2 Å². The molecule has 2 aromatic rings. The number of hydrogen-bond donors (Lipinski definition) is 0. The predicted molar refractivity (Wildman–Crippen MR) is 89.0 cm³/mol. The number of allylic oxidation sites excluding steroid dienone is 1. The summed E-state index contributed by atoms with van der Waals surface area (Å²) in [4.78, 5) is 11.9. The van der Waals surface area contributed by atoms with Gasteiger partial charge in [-0.3, -0.25) is 0 Å². The van der Waals surface area contributed by atoms with E-state index in [1.807, 2.05) is 30.3 Å². The fraction of sp³-hybridized carbons (Fsp3) is 0.211. The van der Waals surface area contributed by atoms with Gasteiger partial charge in [0.25, 0.3) is 0 Å². The van der Waals surface area contributed by atoms with E-state index in [0.717, 1.165) is 11.1 Å². The number of ether oxygens (including phenoxy) is 3. The quantitative estimate of drug-likeness (QED) is 0.576. The van der Waals surface area contributed by atoms with Crippen LogP contribution >= 0.6 is 0 Å². The number of benzene rings is 2. The molecule has 2 aromatic carbocycles. The van der Waals surface area contributed by atoms with Gasteiger partial charge in [-0.05, 0) is 24.1 Å². The van der Waals surface area contributed by atoms with E-state index in [2.05, 4.69) is 6.58 Å². The zero-order valence-corrected chi connectivity index (χ0v) is 13.4. The van der Waals surface area contributed by atoms with Crippen molar-refractivity contribution < 1.29 is 19.0 Å². The van der Waals surface area contributed by atoms with Crippen molar-refractivity contribution in [2.24, 2.45) is 0 Å². The van der Waals surface area contributed by atoms with E-state index in [0.29, 0.717) is 30.1 Å². The van der Waals surface area contributed by atoms with Gasteiger partial charge >= 0.3 is 5.97 Å². The number of carbonyl (C=O) groups excluding carboxylic acids is 1. The van der Waals surface area contributed by atoms with Crippen LogP contribution in [0.2, 0.25) is 0 Å². The molecule has 0 saturated heterocycles. The van der Waals surface area contributed by atoms with Crippen LogP contribution < -0.4 is 9.47 Å². The van der Waals surface area contributed by atoms with Gasteiger partial charge in [0.1, 0.15) is 23.7 Å². The third kappa shape index (κ3) is 4.13. The number of esters is 1. The van der Waals surface area contributed by atoms with Gasteiger partial charge in [0.15, 0.2) is 0 Å². The second-order valence-corrected chi connectivity index (χ2v) is 4.92. The van der Waals surface area contributed by atoms with Crippen LogP contribution in [0.4, 0.5) is 0 Å². The Kier molecular flexibility index (Phi) is 5.80. The van der Waals surface area contributed by atoms with Gasteiger partial charge in [-0.15, -0.1) is 6.58 Å². The molecule has 0 unspecified atom stereocenters. The van der Waals surface area contributed by atoms with Gasteiger partial charge in [0.05, 0.1) is 14.2 Å². The van der Waals surface area contributed by atoms with Gasteiger partial charge in [0.2, 0.25) is 0 Å². The lowest BCUT2D eigenvalue weighted by Gasteiger charge is -2.15. The molecule has 4 nitrogen and oxygen atoms in total. The lowest BCUT2D eigenvalue weighted by Crippen LogP contribution is -2.07. The van der Waals surface area contributed by atoms with E-state index >= 15 is 0 Å². The SMILES string of the molecule is C=CCc1cc(OC)c(C(=O)OC)cc1OCc1ccccc1. The average molecular weight is 312 g/mol. The van der Waals surface area contributed by atoms with Crippen molar-refractivity contribution in [1.82, 2.24) is 0 Å². The largest absolute Gasteiger partial charge is 0.496 e. The van der Waals surface area contributed by atoms with Crippen molar-refractivity contribution >= 4 is 5.97 Å². The van der Waals surface area contributed by atoms with Crippen molar-refractivity contribution in [3.05, 3.63) is 71.8 Å². The third-order valence-corrected chi connectivity index (χ3v) is 3.39. The van der Waals surface area contributed by atoms with E-state index in [4.69, 9.17) is 14.2 Å².